The third kappa shape index (κ3) is 3.04. The number of fused-ring (bicyclic) bond motifs is 1. The van der Waals surface area contributed by atoms with Gasteiger partial charge in [0.25, 0.3) is 0 Å². The van der Waals surface area contributed by atoms with E-state index in [2.05, 4.69) is 22.0 Å². The number of nitrogens with two attached hydrogens (primary N) is 1. The van der Waals surface area contributed by atoms with Crippen LogP contribution in [0.3, 0.4) is 0 Å². The van der Waals surface area contributed by atoms with Crippen LogP contribution in [-0.2, 0) is 12.8 Å². The molecule has 2 heterocycles. The fraction of sp³-hybridized carbons (Fsp3) is 0.421. The molecular weight excluding hydrogens is 286 g/mol. The normalized spacial score (nSPS) is 18.8. The van der Waals surface area contributed by atoms with Gasteiger partial charge in [-0.05, 0) is 61.1 Å². The Morgan fingerprint density at radius 2 is 1.91 bits per heavy atom. The molecule has 1 aromatic heterocycles. The van der Waals surface area contributed by atoms with Crippen molar-refractivity contribution in [3.63, 3.8) is 0 Å². The minimum absolute atomic E-state index is 0.483. The summed E-state index contributed by atoms with van der Waals surface area (Å²) in [6.45, 7) is 2.35. The van der Waals surface area contributed by atoms with Crippen LogP contribution < -0.4 is 10.5 Å². The SMILES string of the molecule is Nc1cccnc1Oc1ccc2c(c1)CCN(C1CCC1)CC2. The van der Waals surface area contributed by atoms with Crippen molar-refractivity contribution in [2.75, 3.05) is 18.8 Å². The Labute approximate surface area is 137 Å². The van der Waals surface area contributed by atoms with Crippen LogP contribution >= 0.6 is 0 Å². The highest BCUT2D eigenvalue weighted by molar-refractivity contribution is 5.49. The largest absolute Gasteiger partial charge is 0.437 e. The lowest BCUT2D eigenvalue weighted by Gasteiger charge is -2.36. The summed E-state index contributed by atoms with van der Waals surface area (Å²) in [7, 11) is 0. The Kier molecular flexibility index (Phi) is 3.92. The lowest BCUT2D eigenvalue weighted by Crippen LogP contribution is -2.41. The number of benzene rings is 1. The summed E-state index contributed by atoms with van der Waals surface area (Å²) >= 11 is 0. The van der Waals surface area contributed by atoms with Crippen molar-refractivity contribution in [3.8, 4) is 11.6 Å². The fourth-order valence-corrected chi connectivity index (χ4v) is 3.50. The first-order valence-electron chi connectivity index (χ1n) is 8.54. The van der Waals surface area contributed by atoms with Crippen molar-refractivity contribution >= 4 is 5.69 Å². The average molecular weight is 309 g/mol. The van der Waals surface area contributed by atoms with Gasteiger partial charge in [-0.3, -0.25) is 4.90 Å². The molecule has 120 valence electrons. The van der Waals surface area contributed by atoms with Crippen molar-refractivity contribution in [2.24, 2.45) is 0 Å². The van der Waals surface area contributed by atoms with Crippen LogP contribution in [0.5, 0.6) is 11.6 Å². The Morgan fingerprint density at radius 3 is 2.65 bits per heavy atom. The molecule has 2 aromatic rings. The van der Waals surface area contributed by atoms with Gasteiger partial charge in [-0.2, -0.15) is 0 Å². The summed E-state index contributed by atoms with van der Waals surface area (Å²) in [5.74, 6) is 1.31. The van der Waals surface area contributed by atoms with Gasteiger partial charge >= 0.3 is 0 Å². The summed E-state index contributed by atoms with van der Waals surface area (Å²) in [6.07, 6.45) is 8.09. The number of hydrogen-bond acceptors (Lipinski definition) is 4. The Hall–Kier alpha value is -2.07. The first kappa shape index (κ1) is 14.5. The van der Waals surface area contributed by atoms with E-state index in [1.807, 2.05) is 18.2 Å². The maximum absolute atomic E-state index is 5.91. The number of ether oxygens (including phenoxy) is 1. The van der Waals surface area contributed by atoms with Crippen molar-refractivity contribution in [2.45, 2.75) is 38.1 Å². The molecule has 1 aliphatic heterocycles. The van der Waals surface area contributed by atoms with E-state index < -0.39 is 0 Å². The van der Waals surface area contributed by atoms with E-state index in [9.17, 15) is 0 Å². The van der Waals surface area contributed by atoms with Crippen LogP contribution in [0, 0.1) is 0 Å². The molecule has 0 amide bonds. The van der Waals surface area contributed by atoms with Crippen LogP contribution in [0.15, 0.2) is 36.5 Å². The van der Waals surface area contributed by atoms with Gasteiger partial charge in [0.2, 0.25) is 5.88 Å². The van der Waals surface area contributed by atoms with E-state index in [-0.39, 0.29) is 0 Å². The van der Waals surface area contributed by atoms with Gasteiger partial charge in [-0.25, -0.2) is 4.98 Å². The number of anilines is 1. The van der Waals surface area contributed by atoms with Crippen LogP contribution in [0.25, 0.3) is 0 Å². The first-order valence-corrected chi connectivity index (χ1v) is 8.54. The molecule has 4 rings (SSSR count). The second kappa shape index (κ2) is 6.20. The zero-order valence-corrected chi connectivity index (χ0v) is 13.4. The Bertz CT molecular complexity index is 697. The summed E-state index contributed by atoms with van der Waals surface area (Å²) in [6, 6.07) is 10.8. The van der Waals surface area contributed by atoms with Crippen LogP contribution in [0.4, 0.5) is 5.69 Å². The Balaban J connectivity index is 1.50. The first-order chi connectivity index (χ1) is 11.3. The lowest BCUT2D eigenvalue weighted by atomic mass is 9.91. The molecule has 4 nitrogen and oxygen atoms in total. The molecule has 0 bridgehead atoms. The number of pyridine rings is 1. The molecule has 1 saturated carbocycles. The molecule has 0 radical (unpaired) electrons. The van der Waals surface area contributed by atoms with E-state index in [0.717, 1.165) is 31.2 Å². The molecule has 2 aliphatic rings. The highest BCUT2D eigenvalue weighted by atomic mass is 16.5. The van der Waals surface area contributed by atoms with Crippen molar-refractivity contribution < 1.29 is 4.74 Å². The maximum Gasteiger partial charge on any atom is 0.242 e. The number of rotatable bonds is 3. The molecule has 1 aliphatic carbocycles. The highest BCUT2D eigenvalue weighted by Gasteiger charge is 2.26. The number of hydrogen-bond donors (Lipinski definition) is 1. The van der Waals surface area contributed by atoms with Crippen molar-refractivity contribution in [3.05, 3.63) is 47.7 Å². The predicted octanol–water partition coefficient (Wildman–Crippen LogP) is 3.41. The maximum atomic E-state index is 5.91. The quantitative estimate of drug-likeness (QED) is 0.944. The molecule has 0 saturated heterocycles. The zero-order valence-electron chi connectivity index (χ0n) is 13.4. The predicted molar refractivity (Wildman–Crippen MR) is 91.8 cm³/mol. The molecule has 0 atom stereocenters. The molecule has 0 unspecified atom stereocenters. The monoisotopic (exact) mass is 309 g/mol. The van der Waals surface area contributed by atoms with Gasteiger partial charge < -0.3 is 10.5 Å². The molecular formula is C19H23N3O. The number of aromatic nitrogens is 1. The van der Waals surface area contributed by atoms with Crippen molar-refractivity contribution in [1.82, 2.24) is 9.88 Å². The Morgan fingerprint density at radius 1 is 1.09 bits per heavy atom. The van der Waals surface area contributed by atoms with E-state index in [0.29, 0.717) is 11.6 Å². The van der Waals surface area contributed by atoms with E-state index >= 15 is 0 Å². The van der Waals surface area contributed by atoms with Gasteiger partial charge in [0.15, 0.2) is 0 Å². The molecule has 0 spiro atoms. The third-order valence-electron chi connectivity index (χ3n) is 5.12. The summed E-state index contributed by atoms with van der Waals surface area (Å²) in [5.41, 5.74) is 9.33. The molecule has 23 heavy (non-hydrogen) atoms. The number of nitrogen functional groups attached to an aromatic ring is 1. The van der Waals surface area contributed by atoms with Crippen LogP contribution in [0.2, 0.25) is 0 Å². The van der Waals surface area contributed by atoms with Crippen molar-refractivity contribution in [1.29, 1.82) is 0 Å². The molecule has 2 N–H and O–H groups in total. The van der Waals surface area contributed by atoms with Gasteiger partial charge in [-0.15, -0.1) is 0 Å². The van der Waals surface area contributed by atoms with E-state index in [4.69, 9.17) is 10.5 Å². The van der Waals surface area contributed by atoms with Gasteiger partial charge in [0.1, 0.15) is 5.75 Å². The van der Waals surface area contributed by atoms with Crippen LogP contribution in [-0.4, -0.2) is 29.0 Å². The molecule has 4 heteroatoms. The topological polar surface area (TPSA) is 51.4 Å². The van der Waals surface area contributed by atoms with Gasteiger partial charge in [0, 0.05) is 25.3 Å². The third-order valence-corrected chi connectivity index (χ3v) is 5.12. The molecule has 1 aromatic carbocycles. The van der Waals surface area contributed by atoms with Crippen LogP contribution in [0.1, 0.15) is 30.4 Å². The average Bonchev–Trinajstić information content (AvgIpc) is 2.71. The lowest BCUT2D eigenvalue weighted by molar-refractivity contribution is 0.133. The minimum atomic E-state index is 0.483. The van der Waals surface area contributed by atoms with Gasteiger partial charge in [0.05, 0.1) is 5.69 Å². The standard InChI is InChI=1S/C19H23N3O/c20-18-5-2-10-21-19(18)23-17-7-6-14-8-11-22(16-3-1-4-16)12-9-15(14)13-17/h2,5-7,10,13,16H,1,3-4,8-9,11-12,20H2. The highest BCUT2D eigenvalue weighted by Crippen LogP contribution is 2.30. The second-order valence-electron chi connectivity index (χ2n) is 6.55. The minimum Gasteiger partial charge on any atom is -0.437 e. The van der Waals surface area contributed by atoms with Gasteiger partial charge in [-0.1, -0.05) is 12.5 Å². The zero-order chi connectivity index (χ0) is 15.6. The summed E-state index contributed by atoms with van der Waals surface area (Å²) < 4.78 is 5.87. The second-order valence-corrected chi connectivity index (χ2v) is 6.55. The number of nitrogens with zero attached hydrogens (tertiary/aromatic N) is 2. The smallest absolute Gasteiger partial charge is 0.242 e. The van der Waals surface area contributed by atoms with E-state index in [1.165, 1.54) is 36.9 Å². The molecule has 1 fully saturated rings. The summed E-state index contributed by atoms with van der Waals surface area (Å²) in [4.78, 5) is 6.87. The summed E-state index contributed by atoms with van der Waals surface area (Å²) in [5, 5.41) is 0. The van der Waals surface area contributed by atoms with E-state index in [1.54, 1.807) is 6.20 Å². The fourth-order valence-electron chi connectivity index (χ4n) is 3.50.